The fourth-order valence-corrected chi connectivity index (χ4v) is 2.57. The van der Waals surface area contributed by atoms with Crippen LogP contribution < -0.4 is 21.7 Å². The van der Waals surface area contributed by atoms with Crippen LogP contribution in [0.3, 0.4) is 0 Å². The van der Waals surface area contributed by atoms with Crippen LogP contribution in [0.5, 0.6) is 0 Å². The first-order valence-corrected chi connectivity index (χ1v) is 10.9. The zero-order chi connectivity index (χ0) is 22.2. The molecule has 0 aromatic carbocycles. The molecule has 2 aromatic heterocycles. The van der Waals surface area contributed by atoms with E-state index >= 15 is 0 Å². The topological polar surface area (TPSA) is 132 Å². The van der Waals surface area contributed by atoms with Crippen molar-refractivity contribution in [1.82, 2.24) is 19.9 Å². The van der Waals surface area contributed by atoms with Gasteiger partial charge in [0.1, 0.15) is 0 Å². The van der Waals surface area contributed by atoms with Crippen LogP contribution in [-0.4, -0.2) is 72.5 Å². The number of hydrogen-bond donors (Lipinski definition) is 4. The van der Waals surface area contributed by atoms with Gasteiger partial charge in [0.15, 0.2) is 0 Å². The second-order valence-corrected chi connectivity index (χ2v) is 7.35. The van der Waals surface area contributed by atoms with Gasteiger partial charge in [0.25, 0.3) is 0 Å². The number of nitrogens with two attached hydrogens (primary N) is 1. The molecule has 10 nitrogen and oxygen atoms in total. The first-order valence-electron chi connectivity index (χ1n) is 10.9. The maximum Gasteiger partial charge on any atom is 0.229 e. The lowest BCUT2D eigenvalue weighted by atomic mass is 10.1. The van der Waals surface area contributed by atoms with Crippen molar-refractivity contribution >= 4 is 17.8 Å². The molecule has 2 heterocycles. The Labute approximate surface area is 184 Å². The third kappa shape index (κ3) is 11.4. The first-order chi connectivity index (χ1) is 15.2. The van der Waals surface area contributed by atoms with Crippen LogP contribution in [0.1, 0.15) is 26.0 Å². The molecule has 0 aliphatic heterocycles. The average molecular weight is 433 g/mol. The van der Waals surface area contributed by atoms with Crippen LogP contribution in [0.25, 0.3) is 0 Å². The Morgan fingerprint density at radius 3 is 2.10 bits per heavy atom. The fraction of sp³-hybridized carbons (Fsp3) is 0.619. The maximum absolute atomic E-state index is 5.53. The minimum absolute atomic E-state index is 0.505. The first kappa shape index (κ1) is 24.7. The molecule has 5 N–H and O–H groups in total. The molecule has 0 unspecified atom stereocenters. The Kier molecular flexibility index (Phi) is 12.2. The highest BCUT2D eigenvalue weighted by Gasteiger charge is 2.07. The minimum Gasteiger partial charge on any atom is -0.378 e. The van der Waals surface area contributed by atoms with Gasteiger partial charge in [-0.3, -0.25) is 4.98 Å². The predicted molar refractivity (Wildman–Crippen MR) is 123 cm³/mol. The van der Waals surface area contributed by atoms with E-state index in [0.29, 0.717) is 69.8 Å². The van der Waals surface area contributed by atoms with Crippen molar-refractivity contribution < 1.29 is 9.47 Å². The third-order valence-corrected chi connectivity index (χ3v) is 4.19. The molecule has 2 rings (SSSR count). The lowest BCUT2D eigenvalue weighted by molar-refractivity contribution is 0.0547. The van der Waals surface area contributed by atoms with Crippen LogP contribution >= 0.6 is 0 Å². The van der Waals surface area contributed by atoms with E-state index in [9.17, 15) is 0 Å². The van der Waals surface area contributed by atoms with E-state index in [1.165, 1.54) is 0 Å². The van der Waals surface area contributed by atoms with Crippen LogP contribution in [0.4, 0.5) is 17.8 Å². The van der Waals surface area contributed by atoms with Gasteiger partial charge in [0.05, 0.1) is 26.4 Å². The van der Waals surface area contributed by atoms with Crippen LogP contribution in [0, 0.1) is 5.92 Å². The van der Waals surface area contributed by atoms with Crippen LogP contribution in [0.15, 0.2) is 24.4 Å². The Balaban J connectivity index is 1.83. The minimum atomic E-state index is 0.505. The highest BCUT2D eigenvalue weighted by molar-refractivity contribution is 5.42. The Morgan fingerprint density at radius 2 is 1.48 bits per heavy atom. The molecular weight excluding hydrogens is 396 g/mol. The Bertz CT molecular complexity index is 718. The highest BCUT2D eigenvalue weighted by Crippen LogP contribution is 2.10. The second kappa shape index (κ2) is 15.3. The summed E-state index contributed by atoms with van der Waals surface area (Å²) in [4.78, 5) is 17.8. The molecule has 0 saturated heterocycles. The van der Waals surface area contributed by atoms with Gasteiger partial charge in [-0.2, -0.15) is 15.0 Å². The zero-order valence-corrected chi connectivity index (χ0v) is 18.6. The number of nitrogens with one attached hydrogen (secondary N) is 3. The molecule has 0 aliphatic rings. The van der Waals surface area contributed by atoms with Gasteiger partial charge in [0.2, 0.25) is 17.8 Å². The van der Waals surface area contributed by atoms with E-state index in [2.05, 4.69) is 49.7 Å². The second-order valence-electron chi connectivity index (χ2n) is 7.35. The summed E-state index contributed by atoms with van der Waals surface area (Å²) in [6, 6.07) is 5.89. The molecule has 172 valence electrons. The van der Waals surface area contributed by atoms with Crippen LogP contribution in [-0.2, 0) is 15.9 Å². The number of anilines is 3. The zero-order valence-electron chi connectivity index (χ0n) is 18.6. The Hall–Kier alpha value is -2.56. The summed E-state index contributed by atoms with van der Waals surface area (Å²) in [5.74, 6) is 2.19. The molecule has 0 bridgehead atoms. The predicted octanol–water partition coefficient (Wildman–Crippen LogP) is 1.78. The summed E-state index contributed by atoms with van der Waals surface area (Å²) in [5.41, 5.74) is 6.40. The summed E-state index contributed by atoms with van der Waals surface area (Å²) in [7, 11) is 0. The largest absolute Gasteiger partial charge is 0.378 e. The van der Waals surface area contributed by atoms with Gasteiger partial charge >= 0.3 is 0 Å². The van der Waals surface area contributed by atoms with Crippen LogP contribution in [0.2, 0.25) is 0 Å². The summed E-state index contributed by atoms with van der Waals surface area (Å²) < 4.78 is 10.8. The van der Waals surface area contributed by atoms with E-state index in [1.54, 1.807) is 6.20 Å². The van der Waals surface area contributed by atoms with Gasteiger partial charge in [-0.25, -0.2) is 0 Å². The molecule has 0 amide bonds. The normalized spacial score (nSPS) is 11.0. The number of rotatable bonds is 17. The van der Waals surface area contributed by atoms with Crippen molar-refractivity contribution in [3.05, 3.63) is 30.1 Å². The lowest BCUT2D eigenvalue weighted by Gasteiger charge is -2.12. The lowest BCUT2D eigenvalue weighted by Crippen LogP contribution is -2.18. The molecular formula is C21H36N8O2. The van der Waals surface area contributed by atoms with Crippen molar-refractivity contribution in [2.75, 3.05) is 68.6 Å². The molecule has 0 fully saturated rings. The monoisotopic (exact) mass is 432 g/mol. The number of pyridine rings is 1. The van der Waals surface area contributed by atoms with Crippen molar-refractivity contribution in [2.45, 2.75) is 26.7 Å². The molecule has 31 heavy (non-hydrogen) atoms. The molecule has 0 saturated carbocycles. The SMILES string of the molecule is CC(C)CCNc1nc(NCCOCCOCCN)nc(NCCc2ccccn2)n1. The van der Waals surface area contributed by atoms with Gasteiger partial charge < -0.3 is 31.2 Å². The highest BCUT2D eigenvalue weighted by atomic mass is 16.5. The molecule has 0 radical (unpaired) electrons. The van der Waals surface area contributed by atoms with E-state index in [1.807, 2.05) is 18.2 Å². The van der Waals surface area contributed by atoms with E-state index in [0.717, 1.165) is 25.1 Å². The summed E-state index contributed by atoms with van der Waals surface area (Å²) >= 11 is 0. The van der Waals surface area contributed by atoms with Crippen molar-refractivity contribution in [3.63, 3.8) is 0 Å². The van der Waals surface area contributed by atoms with Gasteiger partial charge in [0, 0.05) is 44.5 Å². The molecule has 0 spiro atoms. The third-order valence-electron chi connectivity index (χ3n) is 4.19. The summed E-state index contributed by atoms with van der Waals surface area (Å²) in [5, 5.41) is 9.74. The Morgan fingerprint density at radius 1 is 0.839 bits per heavy atom. The summed E-state index contributed by atoms with van der Waals surface area (Å²) in [6.45, 7) is 9.11. The van der Waals surface area contributed by atoms with E-state index < -0.39 is 0 Å². The van der Waals surface area contributed by atoms with Crippen molar-refractivity contribution in [3.8, 4) is 0 Å². The maximum atomic E-state index is 5.53. The fourth-order valence-electron chi connectivity index (χ4n) is 2.57. The van der Waals surface area contributed by atoms with E-state index in [-0.39, 0.29) is 0 Å². The van der Waals surface area contributed by atoms with Crippen molar-refractivity contribution in [2.24, 2.45) is 11.7 Å². The number of aromatic nitrogens is 4. The van der Waals surface area contributed by atoms with Crippen molar-refractivity contribution in [1.29, 1.82) is 0 Å². The van der Waals surface area contributed by atoms with Gasteiger partial charge in [-0.05, 0) is 24.5 Å². The smallest absolute Gasteiger partial charge is 0.229 e. The molecule has 2 aromatic rings. The number of hydrogen-bond acceptors (Lipinski definition) is 10. The number of nitrogens with zero attached hydrogens (tertiary/aromatic N) is 4. The van der Waals surface area contributed by atoms with E-state index in [4.69, 9.17) is 15.2 Å². The van der Waals surface area contributed by atoms with Gasteiger partial charge in [-0.1, -0.05) is 19.9 Å². The molecule has 10 heteroatoms. The van der Waals surface area contributed by atoms with Gasteiger partial charge in [-0.15, -0.1) is 0 Å². The number of ether oxygens (including phenoxy) is 2. The quantitative estimate of drug-likeness (QED) is 0.274. The molecule has 0 aliphatic carbocycles. The summed E-state index contributed by atoms with van der Waals surface area (Å²) in [6.07, 6.45) is 3.62. The standard InChI is InChI=1S/C21H36N8O2/c1-17(2)6-10-24-19-27-20(25-11-7-18-5-3-4-9-23-18)29-21(28-19)26-12-14-31-16-15-30-13-8-22/h3-5,9,17H,6-8,10-16,22H2,1-2H3,(H3,24,25,26,27,28,29). The average Bonchev–Trinajstić information content (AvgIpc) is 2.76. The molecule has 0 atom stereocenters.